The summed E-state index contributed by atoms with van der Waals surface area (Å²) < 4.78 is 5.01. The van der Waals surface area contributed by atoms with E-state index in [0.717, 1.165) is 26.3 Å². The van der Waals surface area contributed by atoms with E-state index in [1.54, 1.807) is 0 Å². The summed E-state index contributed by atoms with van der Waals surface area (Å²) in [7, 11) is -0.250. The molecule has 1 heterocycles. The normalized spacial score (nSPS) is 14.4. The van der Waals surface area contributed by atoms with Crippen molar-refractivity contribution in [3.05, 3.63) is 0 Å². The standard InChI is InChI=1S/C4H9NO.BHO2.K.H2O/c1-3-6-4-2-5-1;2-1-3;;/h5H,1-4H2;2H;;1H2/q;-1;+1;. The minimum atomic E-state index is -0.250. The van der Waals surface area contributed by atoms with Crippen LogP contribution in [0.4, 0.5) is 0 Å². The predicted molar refractivity (Wildman–Crippen MR) is 35.3 cm³/mol. The molecule has 0 unspecified atom stereocenters. The molecule has 0 aromatic rings. The second kappa shape index (κ2) is 17.5. The molecule has 0 aliphatic carbocycles. The smallest absolute Gasteiger partial charge is 0.861 e. The molecule has 0 spiro atoms. The zero-order valence-electron chi connectivity index (χ0n) is 6.67. The summed E-state index contributed by atoms with van der Waals surface area (Å²) >= 11 is 0. The molecule has 0 saturated carbocycles. The predicted octanol–water partition coefficient (Wildman–Crippen LogP) is -6.34. The Morgan fingerprint density at radius 2 is 1.73 bits per heavy atom. The second-order valence-electron chi connectivity index (χ2n) is 1.47. The summed E-state index contributed by atoms with van der Waals surface area (Å²) in [5, 5.41) is 18.4. The fourth-order valence-corrected chi connectivity index (χ4v) is 0.516. The molecule has 11 heavy (non-hydrogen) atoms. The molecule has 0 amide bonds. The van der Waals surface area contributed by atoms with E-state index in [1.165, 1.54) is 0 Å². The van der Waals surface area contributed by atoms with Gasteiger partial charge in [0.25, 0.3) is 0 Å². The van der Waals surface area contributed by atoms with E-state index in [4.69, 9.17) is 14.8 Å². The van der Waals surface area contributed by atoms with Crippen molar-refractivity contribution >= 4 is 7.69 Å². The van der Waals surface area contributed by atoms with Crippen LogP contribution in [0.3, 0.4) is 0 Å². The minimum absolute atomic E-state index is 0. The van der Waals surface area contributed by atoms with Crippen LogP contribution in [-0.4, -0.2) is 44.5 Å². The maximum absolute atomic E-state index is 8.36. The first kappa shape index (κ1) is 18.3. The number of rotatable bonds is 0. The molecule has 1 radical (unpaired) electrons. The first-order valence-electron chi connectivity index (χ1n) is 2.78. The Balaban J connectivity index is -0.000000116. The maximum Gasteiger partial charge on any atom is 1.00 e. The Bertz CT molecular complexity index is 45.8. The monoisotopic (exact) mass is 188 g/mol. The van der Waals surface area contributed by atoms with E-state index < -0.39 is 0 Å². The summed E-state index contributed by atoms with van der Waals surface area (Å²) in [6.07, 6.45) is 0. The molecule has 1 aliphatic heterocycles. The van der Waals surface area contributed by atoms with Gasteiger partial charge in [0.2, 0.25) is 0 Å². The molecule has 1 fully saturated rings. The number of hydrogen-bond acceptors (Lipinski definition) is 4. The average molecular weight is 188 g/mol. The molecular weight excluding hydrogens is 176 g/mol. The van der Waals surface area contributed by atoms with Gasteiger partial charge in [0.05, 0.1) is 13.2 Å². The molecule has 1 aliphatic rings. The molecule has 0 atom stereocenters. The summed E-state index contributed by atoms with van der Waals surface area (Å²) in [4.78, 5) is 0. The van der Waals surface area contributed by atoms with Crippen molar-refractivity contribution in [3.8, 4) is 0 Å². The molecule has 61 valence electrons. The summed E-state index contributed by atoms with van der Waals surface area (Å²) in [5.74, 6) is 0. The van der Waals surface area contributed by atoms with Crippen LogP contribution >= 0.6 is 0 Å². The first-order valence-corrected chi connectivity index (χ1v) is 2.78. The van der Waals surface area contributed by atoms with Crippen molar-refractivity contribution in [2.75, 3.05) is 26.3 Å². The number of ether oxygens (including phenoxy) is 1. The van der Waals surface area contributed by atoms with Crippen LogP contribution in [0.5, 0.6) is 0 Å². The van der Waals surface area contributed by atoms with Crippen LogP contribution in [0.1, 0.15) is 0 Å². The maximum atomic E-state index is 8.36. The third kappa shape index (κ3) is 18.5. The summed E-state index contributed by atoms with van der Waals surface area (Å²) in [5.41, 5.74) is 0. The van der Waals surface area contributed by atoms with Gasteiger partial charge < -0.3 is 25.6 Å². The molecule has 0 aromatic carbocycles. The van der Waals surface area contributed by atoms with Crippen LogP contribution in [0.25, 0.3) is 0 Å². The number of morpholine rings is 1. The van der Waals surface area contributed by atoms with Crippen LogP contribution in [0, 0.1) is 0 Å². The third-order valence-corrected chi connectivity index (χ3v) is 0.846. The van der Waals surface area contributed by atoms with Gasteiger partial charge in [0, 0.05) is 13.1 Å². The van der Waals surface area contributed by atoms with E-state index in [9.17, 15) is 0 Å². The average Bonchev–Trinajstić information content (AvgIpc) is 1.93. The van der Waals surface area contributed by atoms with E-state index in [-0.39, 0.29) is 64.5 Å². The Kier molecular flexibility index (Phi) is 29.2. The SMILES string of the molecule is C1COCCN1.O.[K+].[O-][B]O. The number of hydrogen-bond donors (Lipinski definition) is 2. The Morgan fingerprint density at radius 3 is 1.82 bits per heavy atom. The fraction of sp³-hybridized carbons (Fsp3) is 1.00. The van der Waals surface area contributed by atoms with Crippen molar-refractivity contribution < 1.29 is 71.6 Å². The van der Waals surface area contributed by atoms with Crippen molar-refractivity contribution in [3.63, 3.8) is 0 Å². The van der Waals surface area contributed by atoms with Gasteiger partial charge in [-0.25, -0.2) is 0 Å². The molecule has 1 rings (SSSR count). The third-order valence-electron chi connectivity index (χ3n) is 0.846. The first-order chi connectivity index (χ1) is 4.41. The molecule has 0 bridgehead atoms. The molecule has 4 N–H and O–H groups in total. The van der Waals surface area contributed by atoms with Gasteiger partial charge in [0.15, 0.2) is 7.69 Å². The second-order valence-corrected chi connectivity index (χ2v) is 1.47. The molecule has 0 aromatic heterocycles. The van der Waals surface area contributed by atoms with Crippen LogP contribution in [0.15, 0.2) is 0 Å². The molecular formula is C4H12BKNO4. The number of nitrogens with one attached hydrogen (secondary N) is 1. The molecule has 7 heteroatoms. The van der Waals surface area contributed by atoms with Gasteiger partial charge in [-0.1, -0.05) is 0 Å². The van der Waals surface area contributed by atoms with Crippen molar-refractivity contribution in [1.82, 2.24) is 5.32 Å². The largest absolute Gasteiger partial charge is 1.00 e. The van der Waals surface area contributed by atoms with Gasteiger partial charge in [-0.15, -0.1) is 0 Å². The Labute approximate surface area is 110 Å². The Morgan fingerprint density at radius 1 is 1.36 bits per heavy atom. The van der Waals surface area contributed by atoms with Crippen molar-refractivity contribution in [2.24, 2.45) is 0 Å². The van der Waals surface area contributed by atoms with Crippen LogP contribution in [0.2, 0.25) is 0 Å². The quantitative estimate of drug-likeness (QED) is 0.369. The summed E-state index contributed by atoms with van der Waals surface area (Å²) in [6, 6.07) is 0. The molecule has 1 saturated heterocycles. The van der Waals surface area contributed by atoms with Gasteiger partial charge >= 0.3 is 51.4 Å². The zero-order valence-corrected chi connectivity index (χ0v) is 9.79. The van der Waals surface area contributed by atoms with Crippen LogP contribution in [-0.2, 0) is 4.74 Å². The van der Waals surface area contributed by atoms with E-state index >= 15 is 0 Å². The minimum Gasteiger partial charge on any atom is -0.861 e. The van der Waals surface area contributed by atoms with Gasteiger partial charge in [-0.2, -0.15) is 0 Å². The van der Waals surface area contributed by atoms with Gasteiger partial charge in [-0.05, 0) is 0 Å². The van der Waals surface area contributed by atoms with Gasteiger partial charge in [0.1, 0.15) is 0 Å². The van der Waals surface area contributed by atoms with Gasteiger partial charge in [-0.3, -0.25) is 0 Å². The topological polar surface area (TPSA) is 96.0 Å². The summed E-state index contributed by atoms with van der Waals surface area (Å²) in [6.45, 7) is 3.83. The van der Waals surface area contributed by atoms with E-state index in [2.05, 4.69) is 5.32 Å². The fourth-order valence-electron chi connectivity index (χ4n) is 0.516. The van der Waals surface area contributed by atoms with Crippen LogP contribution < -0.4 is 61.7 Å². The Hall–Kier alpha value is 1.50. The van der Waals surface area contributed by atoms with Crippen molar-refractivity contribution in [2.45, 2.75) is 0 Å². The van der Waals surface area contributed by atoms with E-state index in [0.29, 0.717) is 0 Å². The zero-order chi connectivity index (χ0) is 6.95. The molecule has 5 nitrogen and oxygen atoms in total. The van der Waals surface area contributed by atoms with E-state index in [1.807, 2.05) is 0 Å². The van der Waals surface area contributed by atoms with Crippen molar-refractivity contribution in [1.29, 1.82) is 0 Å².